The Labute approximate surface area is 175 Å². The van der Waals surface area contributed by atoms with Crippen molar-refractivity contribution in [3.63, 3.8) is 0 Å². The number of hydrogen-bond donors (Lipinski definition) is 1. The van der Waals surface area contributed by atoms with Crippen molar-refractivity contribution >= 4 is 34.2 Å². The monoisotopic (exact) mass is 419 g/mol. The molecule has 30 heavy (non-hydrogen) atoms. The van der Waals surface area contributed by atoms with E-state index >= 15 is 0 Å². The standard InChI is InChI=1S/C22H15ClFN5O/c1-12-3-8-19-18(9-12)22(30)27-21(26-19)14(11-25)10-17-13(2)28-29(20(17)23)16-6-4-15(24)5-7-16/h3-10H,1-2H3,(H,26,27,30). The molecular weight excluding hydrogens is 405 g/mol. The average Bonchev–Trinajstić information content (AvgIpc) is 3.00. The highest BCUT2D eigenvalue weighted by Crippen LogP contribution is 2.27. The number of rotatable bonds is 3. The van der Waals surface area contributed by atoms with Crippen molar-refractivity contribution < 1.29 is 4.39 Å². The first-order valence-electron chi connectivity index (χ1n) is 9.01. The van der Waals surface area contributed by atoms with Gasteiger partial charge in [0, 0.05) is 5.56 Å². The molecule has 0 unspecified atom stereocenters. The van der Waals surface area contributed by atoms with Crippen LogP contribution in [0.25, 0.3) is 28.2 Å². The lowest BCUT2D eigenvalue weighted by atomic mass is 10.1. The summed E-state index contributed by atoms with van der Waals surface area (Å²) in [6.07, 6.45) is 1.53. The van der Waals surface area contributed by atoms with E-state index in [2.05, 4.69) is 21.1 Å². The summed E-state index contributed by atoms with van der Waals surface area (Å²) in [5, 5.41) is 14.8. The van der Waals surface area contributed by atoms with Gasteiger partial charge < -0.3 is 4.98 Å². The molecule has 0 spiro atoms. The molecule has 0 bridgehead atoms. The minimum atomic E-state index is -0.368. The van der Waals surface area contributed by atoms with Crippen molar-refractivity contribution in [1.29, 1.82) is 5.26 Å². The van der Waals surface area contributed by atoms with Gasteiger partial charge in [-0.2, -0.15) is 10.4 Å². The van der Waals surface area contributed by atoms with Gasteiger partial charge >= 0.3 is 0 Å². The lowest BCUT2D eigenvalue weighted by Gasteiger charge is -2.04. The summed E-state index contributed by atoms with van der Waals surface area (Å²) >= 11 is 6.50. The molecule has 4 aromatic rings. The third-order valence-corrected chi connectivity index (χ3v) is 5.01. The fourth-order valence-electron chi connectivity index (χ4n) is 3.11. The second-order valence-electron chi connectivity index (χ2n) is 6.78. The Morgan fingerprint density at radius 3 is 2.67 bits per heavy atom. The molecule has 1 N–H and O–H groups in total. The molecule has 8 heteroatoms. The van der Waals surface area contributed by atoms with Crippen LogP contribution in [-0.2, 0) is 0 Å². The van der Waals surface area contributed by atoms with Crippen LogP contribution in [0.1, 0.15) is 22.6 Å². The Morgan fingerprint density at radius 2 is 1.97 bits per heavy atom. The second-order valence-corrected chi connectivity index (χ2v) is 7.14. The van der Waals surface area contributed by atoms with Crippen molar-refractivity contribution in [3.8, 4) is 11.8 Å². The van der Waals surface area contributed by atoms with E-state index in [1.54, 1.807) is 31.2 Å². The first-order chi connectivity index (χ1) is 14.4. The average molecular weight is 420 g/mol. The summed E-state index contributed by atoms with van der Waals surface area (Å²) < 4.78 is 14.7. The van der Waals surface area contributed by atoms with E-state index in [1.165, 1.54) is 22.9 Å². The number of nitriles is 1. The number of halogens is 2. The maximum atomic E-state index is 13.2. The molecule has 148 valence electrons. The van der Waals surface area contributed by atoms with E-state index < -0.39 is 0 Å². The molecule has 6 nitrogen and oxygen atoms in total. The first kappa shape index (κ1) is 19.6. The summed E-state index contributed by atoms with van der Waals surface area (Å²) in [6, 6.07) is 13.1. The maximum Gasteiger partial charge on any atom is 0.259 e. The fourth-order valence-corrected chi connectivity index (χ4v) is 3.43. The quantitative estimate of drug-likeness (QED) is 0.492. The zero-order valence-corrected chi connectivity index (χ0v) is 16.8. The van der Waals surface area contributed by atoms with Gasteiger partial charge in [-0.25, -0.2) is 14.1 Å². The van der Waals surface area contributed by atoms with Gasteiger partial charge in [-0.15, -0.1) is 0 Å². The predicted molar refractivity (Wildman–Crippen MR) is 114 cm³/mol. The van der Waals surface area contributed by atoms with Gasteiger partial charge in [-0.3, -0.25) is 4.79 Å². The number of H-pyrrole nitrogens is 1. The van der Waals surface area contributed by atoms with Crippen LogP contribution in [0.3, 0.4) is 0 Å². The Hall–Kier alpha value is -3.76. The molecule has 0 atom stereocenters. The van der Waals surface area contributed by atoms with Crippen LogP contribution < -0.4 is 5.56 Å². The summed E-state index contributed by atoms with van der Waals surface area (Å²) in [5.74, 6) is -0.226. The highest BCUT2D eigenvalue weighted by atomic mass is 35.5. The molecule has 0 aliphatic heterocycles. The maximum absolute atomic E-state index is 13.2. The molecule has 2 heterocycles. The van der Waals surface area contributed by atoms with Gasteiger partial charge in [0.25, 0.3) is 5.56 Å². The lowest BCUT2D eigenvalue weighted by Crippen LogP contribution is -2.11. The fraction of sp³-hybridized carbons (Fsp3) is 0.0909. The van der Waals surface area contributed by atoms with E-state index in [4.69, 9.17) is 11.6 Å². The number of aromatic nitrogens is 4. The topological polar surface area (TPSA) is 87.4 Å². The summed E-state index contributed by atoms with van der Waals surface area (Å²) in [5.41, 5.74) is 2.89. The zero-order valence-electron chi connectivity index (χ0n) is 16.1. The minimum Gasteiger partial charge on any atom is -0.305 e. The number of aromatic amines is 1. The number of aryl methyl sites for hydroxylation is 2. The highest BCUT2D eigenvalue weighted by Gasteiger charge is 2.16. The van der Waals surface area contributed by atoms with Gasteiger partial charge in [-0.1, -0.05) is 23.2 Å². The van der Waals surface area contributed by atoms with Crippen LogP contribution in [0.5, 0.6) is 0 Å². The van der Waals surface area contributed by atoms with Gasteiger partial charge in [0.05, 0.1) is 27.9 Å². The molecule has 0 saturated heterocycles. The SMILES string of the molecule is Cc1ccc2nc(C(C#N)=Cc3c(C)nn(-c4ccc(F)cc4)c3Cl)[nH]c(=O)c2c1. The van der Waals surface area contributed by atoms with Crippen LogP contribution >= 0.6 is 11.6 Å². The molecule has 0 radical (unpaired) electrons. The van der Waals surface area contributed by atoms with Gasteiger partial charge in [0.1, 0.15) is 17.0 Å². The summed E-state index contributed by atoms with van der Waals surface area (Å²) in [6.45, 7) is 3.63. The molecule has 2 aromatic carbocycles. The van der Waals surface area contributed by atoms with Crippen LogP contribution in [0.4, 0.5) is 4.39 Å². The van der Waals surface area contributed by atoms with E-state index in [0.717, 1.165) is 5.56 Å². The third kappa shape index (κ3) is 3.49. The molecule has 0 fully saturated rings. The van der Waals surface area contributed by atoms with Crippen molar-refractivity contribution in [2.24, 2.45) is 0 Å². The van der Waals surface area contributed by atoms with Crippen molar-refractivity contribution in [2.75, 3.05) is 0 Å². The molecule has 0 aliphatic carbocycles. The second kappa shape index (κ2) is 7.58. The van der Waals surface area contributed by atoms with Crippen LogP contribution in [0.2, 0.25) is 5.15 Å². The van der Waals surface area contributed by atoms with Crippen LogP contribution in [0, 0.1) is 31.0 Å². The van der Waals surface area contributed by atoms with Gasteiger partial charge in [-0.05, 0) is 56.3 Å². The van der Waals surface area contributed by atoms with E-state index in [9.17, 15) is 14.4 Å². The third-order valence-electron chi connectivity index (χ3n) is 4.64. The van der Waals surface area contributed by atoms with E-state index in [-0.39, 0.29) is 27.9 Å². The number of nitrogens with one attached hydrogen (secondary N) is 1. The van der Waals surface area contributed by atoms with E-state index in [1.807, 2.05) is 13.0 Å². The zero-order chi connectivity index (χ0) is 21.4. The number of fused-ring (bicyclic) bond motifs is 1. The molecule has 0 amide bonds. The first-order valence-corrected chi connectivity index (χ1v) is 9.39. The largest absolute Gasteiger partial charge is 0.305 e. The summed E-state index contributed by atoms with van der Waals surface area (Å²) in [4.78, 5) is 19.6. The van der Waals surface area contributed by atoms with Crippen molar-refractivity contribution in [1.82, 2.24) is 19.7 Å². The normalized spacial score (nSPS) is 11.6. The molecule has 0 aliphatic rings. The highest BCUT2D eigenvalue weighted by molar-refractivity contribution is 6.31. The molecule has 0 saturated carbocycles. The molecular formula is C22H15ClFN5O. The number of nitrogens with zero attached hydrogens (tertiary/aromatic N) is 4. The van der Waals surface area contributed by atoms with Gasteiger partial charge in [0.2, 0.25) is 0 Å². The van der Waals surface area contributed by atoms with Crippen LogP contribution in [0.15, 0.2) is 47.3 Å². The van der Waals surface area contributed by atoms with Crippen molar-refractivity contribution in [2.45, 2.75) is 13.8 Å². The Kier molecular flexibility index (Phi) is 4.94. The van der Waals surface area contributed by atoms with Crippen molar-refractivity contribution in [3.05, 3.63) is 86.4 Å². The molecule has 2 aromatic heterocycles. The summed E-state index contributed by atoms with van der Waals surface area (Å²) in [7, 11) is 0. The Balaban J connectivity index is 1.83. The van der Waals surface area contributed by atoms with E-state index in [0.29, 0.717) is 27.8 Å². The predicted octanol–water partition coefficient (Wildman–Crippen LogP) is 4.58. The Bertz CT molecular complexity index is 1410. The number of hydrogen-bond acceptors (Lipinski definition) is 4. The minimum absolute atomic E-state index is 0.137. The smallest absolute Gasteiger partial charge is 0.259 e. The molecule has 4 rings (SSSR count). The Morgan fingerprint density at radius 1 is 1.23 bits per heavy atom. The van der Waals surface area contributed by atoms with Crippen LogP contribution in [-0.4, -0.2) is 19.7 Å². The number of benzene rings is 2. The number of allylic oxidation sites excluding steroid dienone is 1. The lowest BCUT2D eigenvalue weighted by molar-refractivity contribution is 0.627. The van der Waals surface area contributed by atoms with Gasteiger partial charge in [0.15, 0.2) is 5.82 Å².